The number of nitriles is 2. The van der Waals surface area contributed by atoms with Crippen molar-refractivity contribution in [3.63, 3.8) is 0 Å². The van der Waals surface area contributed by atoms with E-state index in [-0.39, 0.29) is 0 Å². The molecular weight excluding hydrogens is 599 g/mol. The summed E-state index contributed by atoms with van der Waals surface area (Å²) in [4.78, 5) is 0. The van der Waals surface area contributed by atoms with Crippen molar-refractivity contribution in [2.24, 2.45) is 0 Å². The molecule has 1 heterocycles. The highest BCUT2D eigenvalue weighted by Gasteiger charge is 2.43. The van der Waals surface area contributed by atoms with Crippen molar-refractivity contribution in [1.82, 2.24) is 4.57 Å². The Bertz CT molecular complexity index is 2370. The van der Waals surface area contributed by atoms with Gasteiger partial charge in [-0.1, -0.05) is 140 Å². The molecule has 7 aromatic carbocycles. The molecule has 0 aliphatic rings. The van der Waals surface area contributed by atoms with Crippen LogP contribution in [0.5, 0.6) is 0 Å². The van der Waals surface area contributed by atoms with Crippen LogP contribution in [0.4, 0.5) is 0 Å². The van der Waals surface area contributed by atoms with Crippen LogP contribution >= 0.6 is 0 Å². The predicted octanol–water partition coefficient (Wildman–Crippen LogP) is 7.57. The first-order valence-electron chi connectivity index (χ1n) is 16.0. The molecule has 0 aliphatic carbocycles. The monoisotopic (exact) mass is 627 g/mol. The van der Waals surface area contributed by atoms with Crippen molar-refractivity contribution in [1.29, 1.82) is 10.5 Å². The molecule has 8 rings (SSSR count). The molecule has 0 saturated heterocycles. The van der Waals surface area contributed by atoms with E-state index < -0.39 is 8.07 Å². The van der Waals surface area contributed by atoms with E-state index in [9.17, 15) is 10.5 Å². The van der Waals surface area contributed by atoms with Crippen molar-refractivity contribution in [3.05, 3.63) is 187 Å². The molecule has 3 nitrogen and oxygen atoms in total. The third kappa shape index (κ3) is 4.55. The summed E-state index contributed by atoms with van der Waals surface area (Å²) in [6, 6.07) is 66.2. The van der Waals surface area contributed by atoms with E-state index in [4.69, 9.17) is 0 Å². The van der Waals surface area contributed by atoms with Gasteiger partial charge in [-0.05, 0) is 62.7 Å². The van der Waals surface area contributed by atoms with Crippen LogP contribution in [0.2, 0.25) is 0 Å². The maximum Gasteiger partial charge on any atom is 0.180 e. The fourth-order valence-corrected chi connectivity index (χ4v) is 12.4. The minimum atomic E-state index is -3.04. The van der Waals surface area contributed by atoms with Crippen molar-refractivity contribution < 1.29 is 0 Å². The molecule has 0 spiro atoms. The van der Waals surface area contributed by atoms with Crippen molar-refractivity contribution >= 4 is 50.6 Å². The second-order valence-electron chi connectivity index (χ2n) is 11.9. The predicted molar refractivity (Wildman–Crippen MR) is 199 cm³/mol. The third-order valence-corrected chi connectivity index (χ3v) is 14.2. The lowest BCUT2D eigenvalue weighted by Gasteiger charge is -2.36. The smallest absolute Gasteiger partial charge is 0.180 e. The van der Waals surface area contributed by atoms with Crippen LogP contribution in [0.1, 0.15) is 11.1 Å². The summed E-state index contributed by atoms with van der Waals surface area (Å²) in [6.07, 6.45) is 0. The highest BCUT2D eigenvalue weighted by Crippen LogP contribution is 2.37. The molecule has 0 atom stereocenters. The fraction of sp³-hybridized carbons (Fsp3) is 0. The molecule has 48 heavy (non-hydrogen) atoms. The maximum absolute atomic E-state index is 10.3. The molecule has 0 radical (unpaired) electrons. The molecule has 0 fully saturated rings. The number of hydrogen-bond donors (Lipinski definition) is 0. The van der Waals surface area contributed by atoms with Crippen molar-refractivity contribution in [3.8, 4) is 29.0 Å². The lowest BCUT2D eigenvalue weighted by molar-refractivity contribution is 1.18. The van der Waals surface area contributed by atoms with Crippen LogP contribution < -0.4 is 20.7 Å². The van der Waals surface area contributed by atoms with E-state index >= 15 is 0 Å². The second kappa shape index (κ2) is 12.0. The number of fused-ring (bicyclic) bond motifs is 3. The van der Waals surface area contributed by atoms with E-state index in [0.717, 1.165) is 43.8 Å². The van der Waals surface area contributed by atoms with Gasteiger partial charge < -0.3 is 4.57 Å². The Kier molecular flexibility index (Phi) is 7.27. The fourth-order valence-electron chi connectivity index (χ4n) is 7.39. The Balaban J connectivity index is 1.55. The molecule has 224 valence electrons. The maximum atomic E-state index is 10.3. The van der Waals surface area contributed by atoms with Crippen LogP contribution in [0.3, 0.4) is 0 Å². The largest absolute Gasteiger partial charge is 0.309 e. The zero-order chi connectivity index (χ0) is 32.5. The zero-order valence-corrected chi connectivity index (χ0v) is 27.1. The van der Waals surface area contributed by atoms with Crippen molar-refractivity contribution in [2.75, 3.05) is 0 Å². The van der Waals surface area contributed by atoms with Gasteiger partial charge in [-0.2, -0.15) is 10.5 Å². The number of rotatable bonds is 6. The minimum absolute atomic E-state index is 0.587. The molecule has 0 saturated carbocycles. The summed E-state index contributed by atoms with van der Waals surface area (Å²) in [5.74, 6) is 0. The number of hydrogen-bond acceptors (Lipinski definition) is 2. The van der Waals surface area contributed by atoms with Gasteiger partial charge in [0.1, 0.15) is 0 Å². The van der Waals surface area contributed by atoms with Crippen LogP contribution in [-0.2, 0) is 0 Å². The molecule has 1 aromatic heterocycles. The SMILES string of the molecule is N#Cc1ccc(-c2ccc(C#N)cc2[Si](c2ccccc2)(c2ccccc2)c2ccccc2)c(-n2c3ccccc3c3ccccc32)c1. The summed E-state index contributed by atoms with van der Waals surface area (Å²) < 4.78 is 2.29. The zero-order valence-electron chi connectivity index (χ0n) is 26.1. The first kappa shape index (κ1) is 29.0. The molecule has 4 heteroatoms. The lowest BCUT2D eigenvalue weighted by atomic mass is 10.00. The van der Waals surface area contributed by atoms with Gasteiger partial charge in [0, 0.05) is 16.3 Å². The Morgan fingerprint density at radius 1 is 0.417 bits per heavy atom. The topological polar surface area (TPSA) is 52.5 Å². The molecular formula is C44H29N3Si. The number of benzene rings is 7. The average Bonchev–Trinajstić information content (AvgIpc) is 3.50. The molecule has 0 aliphatic heterocycles. The molecule has 0 N–H and O–H groups in total. The Hall–Kier alpha value is -6.46. The Labute approximate surface area is 280 Å². The van der Waals surface area contributed by atoms with Crippen LogP contribution in [0.25, 0.3) is 38.6 Å². The van der Waals surface area contributed by atoms with Gasteiger partial charge in [0.2, 0.25) is 0 Å². The molecule has 8 aromatic rings. The van der Waals surface area contributed by atoms with E-state index in [1.54, 1.807) is 0 Å². The van der Waals surface area contributed by atoms with Gasteiger partial charge in [-0.3, -0.25) is 0 Å². The van der Waals surface area contributed by atoms with Crippen LogP contribution in [-0.4, -0.2) is 12.6 Å². The first-order valence-corrected chi connectivity index (χ1v) is 18.0. The van der Waals surface area contributed by atoms with Crippen LogP contribution in [0, 0.1) is 22.7 Å². The number of nitrogens with zero attached hydrogens (tertiary/aromatic N) is 3. The molecule has 0 unspecified atom stereocenters. The van der Waals surface area contributed by atoms with Gasteiger partial charge in [-0.15, -0.1) is 0 Å². The van der Waals surface area contributed by atoms with Crippen molar-refractivity contribution in [2.45, 2.75) is 0 Å². The van der Waals surface area contributed by atoms with Gasteiger partial charge in [0.15, 0.2) is 8.07 Å². The van der Waals surface area contributed by atoms with Crippen LogP contribution in [0.15, 0.2) is 176 Å². The normalized spacial score (nSPS) is 11.3. The number of para-hydroxylation sites is 2. The highest BCUT2D eigenvalue weighted by molar-refractivity contribution is 7.20. The summed E-state index contributed by atoms with van der Waals surface area (Å²) in [5.41, 5.74) is 6.31. The third-order valence-electron chi connectivity index (χ3n) is 9.41. The second-order valence-corrected chi connectivity index (χ2v) is 15.7. The summed E-state index contributed by atoms with van der Waals surface area (Å²) in [6.45, 7) is 0. The van der Waals surface area contributed by atoms with E-state index in [1.807, 2.05) is 18.2 Å². The van der Waals surface area contributed by atoms with Gasteiger partial charge in [0.25, 0.3) is 0 Å². The summed E-state index contributed by atoms with van der Waals surface area (Å²) in [5, 5.41) is 27.6. The Morgan fingerprint density at radius 3 is 1.31 bits per heavy atom. The quantitative estimate of drug-likeness (QED) is 0.141. The summed E-state index contributed by atoms with van der Waals surface area (Å²) >= 11 is 0. The van der Waals surface area contributed by atoms with Gasteiger partial charge >= 0.3 is 0 Å². The lowest BCUT2D eigenvalue weighted by Crippen LogP contribution is -2.75. The standard InChI is InChI=1S/C44H29N3Si/c45-30-32-24-26-39(43(28-32)47-41-22-12-10-20-37(41)38-21-11-13-23-42(38)47)40-27-25-33(31-46)29-44(40)48(34-14-4-1-5-15-34,35-16-6-2-7-17-35)36-18-8-3-9-19-36/h1-29H. The highest BCUT2D eigenvalue weighted by atomic mass is 28.3. The molecule has 0 amide bonds. The van der Waals surface area contributed by atoms with E-state index in [1.165, 1.54) is 15.6 Å². The van der Waals surface area contributed by atoms with Gasteiger partial charge in [-0.25, -0.2) is 0 Å². The molecule has 0 bridgehead atoms. The van der Waals surface area contributed by atoms with Gasteiger partial charge in [0.05, 0.1) is 40.0 Å². The average molecular weight is 628 g/mol. The minimum Gasteiger partial charge on any atom is -0.309 e. The van der Waals surface area contributed by atoms with E-state index in [0.29, 0.717) is 11.1 Å². The summed E-state index contributed by atoms with van der Waals surface area (Å²) in [7, 11) is -3.04. The number of aromatic nitrogens is 1. The van der Waals surface area contributed by atoms with E-state index in [2.05, 4.69) is 174 Å². The Morgan fingerprint density at radius 2 is 0.833 bits per heavy atom. The first-order chi connectivity index (χ1) is 23.7.